The lowest BCUT2D eigenvalue weighted by Gasteiger charge is -2.20. The number of benzene rings is 1. The molecule has 4 aromatic rings. The van der Waals surface area contributed by atoms with Gasteiger partial charge >= 0.3 is 0 Å². The van der Waals surface area contributed by atoms with Crippen molar-refractivity contribution < 1.29 is 4.39 Å². The molecular formula is C18H17FN6. The number of hydrogen-bond acceptors (Lipinski definition) is 4. The Balaban J connectivity index is 1.69. The van der Waals surface area contributed by atoms with Gasteiger partial charge in [-0.15, -0.1) is 0 Å². The zero-order valence-corrected chi connectivity index (χ0v) is 13.7. The number of aromatic nitrogens is 5. The molecule has 126 valence electrons. The molecule has 0 aliphatic carbocycles. The van der Waals surface area contributed by atoms with Gasteiger partial charge in [-0.3, -0.25) is 5.10 Å². The minimum Gasteiger partial charge on any atom is -0.359 e. The van der Waals surface area contributed by atoms with Crippen LogP contribution >= 0.6 is 0 Å². The summed E-state index contributed by atoms with van der Waals surface area (Å²) in [6.45, 7) is 0.807. The van der Waals surface area contributed by atoms with E-state index >= 15 is 0 Å². The molecule has 0 bridgehead atoms. The van der Waals surface area contributed by atoms with E-state index in [0.717, 1.165) is 41.3 Å². The first-order valence-electron chi connectivity index (χ1n) is 8.00. The van der Waals surface area contributed by atoms with E-state index in [2.05, 4.69) is 25.2 Å². The molecule has 0 saturated carbocycles. The summed E-state index contributed by atoms with van der Waals surface area (Å²) in [4.78, 5) is 6.75. The van der Waals surface area contributed by atoms with Gasteiger partial charge in [0.2, 0.25) is 0 Å². The van der Waals surface area contributed by atoms with Crippen molar-refractivity contribution in [1.29, 1.82) is 0 Å². The lowest BCUT2D eigenvalue weighted by molar-refractivity contribution is 0.628. The molecule has 7 heteroatoms. The van der Waals surface area contributed by atoms with Crippen molar-refractivity contribution in [1.82, 2.24) is 24.8 Å². The largest absolute Gasteiger partial charge is 0.359 e. The number of H-pyrrole nitrogens is 1. The molecule has 0 atom stereocenters. The second-order valence-electron chi connectivity index (χ2n) is 5.89. The molecule has 0 radical (unpaired) electrons. The van der Waals surface area contributed by atoms with Gasteiger partial charge in [0.15, 0.2) is 5.65 Å². The number of fused-ring (bicyclic) bond motifs is 1. The first-order valence-corrected chi connectivity index (χ1v) is 8.00. The van der Waals surface area contributed by atoms with Crippen LogP contribution in [-0.4, -0.2) is 38.4 Å². The maximum absolute atomic E-state index is 13.2. The lowest BCUT2D eigenvalue weighted by Crippen LogP contribution is -2.23. The van der Waals surface area contributed by atoms with Gasteiger partial charge in [0, 0.05) is 37.5 Å². The average Bonchev–Trinajstić information content (AvgIpc) is 3.30. The Bertz CT molecular complexity index is 975. The van der Waals surface area contributed by atoms with Crippen LogP contribution in [0.3, 0.4) is 0 Å². The van der Waals surface area contributed by atoms with Crippen molar-refractivity contribution >= 4 is 11.5 Å². The highest BCUT2D eigenvalue weighted by Gasteiger charge is 2.12. The first kappa shape index (κ1) is 15.3. The Kier molecular flexibility index (Phi) is 3.89. The fraction of sp³-hybridized carbons (Fsp3) is 0.167. The fourth-order valence-electron chi connectivity index (χ4n) is 2.76. The summed E-state index contributed by atoms with van der Waals surface area (Å²) in [5.41, 5.74) is 3.57. The highest BCUT2D eigenvalue weighted by Crippen LogP contribution is 2.24. The predicted octanol–water partition coefficient (Wildman–Crippen LogP) is 2.94. The van der Waals surface area contributed by atoms with Crippen molar-refractivity contribution in [3.63, 3.8) is 0 Å². The van der Waals surface area contributed by atoms with Crippen LogP contribution in [0.1, 0.15) is 5.56 Å². The predicted molar refractivity (Wildman–Crippen MR) is 93.9 cm³/mol. The van der Waals surface area contributed by atoms with E-state index in [9.17, 15) is 4.39 Å². The molecule has 4 rings (SSSR count). The number of nitrogens with one attached hydrogen (secondary N) is 1. The maximum Gasteiger partial charge on any atom is 0.157 e. The molecule has 0 amide bonds. The van der Waals surface area contributed by atoms with Crippen molar-refractivity contribution in [3.05, 3.63) is 66.4 Å². The van der Waals surface area contributed by atoms with E-state index < -0.39 is 0 Å². The number of likely N-dealkylation sites (N-methyl/N-ethyl adjacent to an activating group) is 1. The summed E-state index contributed by atoms with van der Waals surface area (Å²) in [5.74, 6) is 0.671. The van der Waals surface area contributed by atoms with E-state index in [1.165, 1.54) is 12.1 Å². The third-order valence-electron chi connectivity index (χ3n) is 4.16. The van der Waals surface area contributed by atoms with Gasteiger partial charge in [0.1, 0.15) is 11.6 Å². The topological polar surface area (TPSA) is 62.1 Å². The Hall–Kier alpha value is -3.22. The Labute approximate surface area is 143 Å². The van der Waals surface area contributed by atoms with E-state index in [0.29, 0.717) is 0 Å². The summed E-state index contributed by atoms with van der Waals surface area (Å²) in [5, 5.41) is 11.2. The van der Waals surface area contributed by atoms with Crippen LogP contribution in [-0.2, 0) is 6.42 Å². The Morgan fingerprint density at radius 3 is 2.80 bits per heavy atom. The third-order valence-corrected chi connectivity index (χ3v) is 4.16. The van der Waals surface area contributed by atoms with Gasteiger partial charge in [0.05, 0.1) is 18.1 Å². The molecule has 0 fully saturated rings. The van der Waals surface area contributed by atoms with Crippen molar-refractivity contribution in [3.8, 4) is 11.3 Å². The van der Waals surface area contributed by atoms with E-state index in [-0.39, 0.29) is 5.82 Å². The minimum absolute atomic E-state index is 0.258. The van der Waals surface area contributed by atoms with Crippen LogP contribution in [0.15, 0.2) is 55.0 Å². The highest BCUT2D eigenvalue weighted by molar-refractivity contribution is 5.66. The van der Waals surface area contributed by atoms with Gasteiger partial charge in [-0.05, 0) is 36.2 Å². The molecule has 0 spiro atoms. The standard InChI is InChI=1S/C18H17FN6/c1-24(9-7-13-11-20-21-12-13)18-10-16(14-2-4-15(19)5-3-14)23-17-6-8-22-25(17)18/h2-6,8,10-12H,7,9H2,1H3,(H,20,21). The lowest BCUT2D eigenvalue weighted by atomic mass is 10.1. The van der Waals surface area contributed by atoms with Gasteiger partial charge < -0.3 is 4.90 Å². The number of anilines is 1. The number of nitrogens with zero attached hydrogens (tertiary/aromatic N) is 5. The fourth-order valence-corrected chi connectivity index (χ4v) is 2.76. The summed E-state index contributed by atoms with van der Waals surface area (Å²) >= 11 is 0. The maximum atomic E-state index is 13.2. The second-order valence-corrected chi connectivity index (χ2v) is 5.89. The van der Waals surface area contributed by atoms with Crippen LogP contribution in [0.5, 0.6) is 0 Å². The molecule has 0 aliphatic rings. The molecule has 25 heavy (non-hydrogen) atoms. The SMILES string of the molecule is CN(CCc1cn[nH]c1)c1cc(-c2ccc(F)cc2)nc2ccnn12. The van der Waals surface area contributed by atoms with Crippen LogP contribution in [0, 0.1) is 5.82 Å². The summed E-state index contributed by atoms with van der Waals surface area (Å²) < 4.78 is 15.0. The van der Waals surface area contributed by atoms with Crippen LogP contribution in [0.25, 0.3) is 16.9 Å². The minimum atomic E-state index is -0.258. The molecule has 0 unspecified atom stereocenters. The van der Waals surface area contributed by atoms with Gasteiger partial charge in [-0.25, -0.2) is 9.37 Å². The molecule has 3 aromatic heterocycles. The Morgan fingerprint density at radius 1 is 1.20 bits per heavy atom. The molecule has 3 heterocycles. The zero-order chi connectivity index (χ0) is 17.2. The summed E-state index contributed by atoms with van der Waals surface area (Å²) in [7, 11) is 2.02. The highest BCUT2D eigenvalue weighted by atomic mass is 19.1. The number of aromatic amines is 1. The second kappa shape index (κ2) is 6.35. The van der Waals surface area contributed by atoms with Crippen molar-refractivity contribution in [2.24, 2.45) is 0 Å². The van der Waals surface area contributed by atoms with E-state index in [4.69, 9.17) is 0 Å². The Morgan fingerprint density at radius 2 is 2.04 bits per heavy atom. The summed E-state index contributed by atoms with van der Waals surface area (Å²) in [6.07, 6.45) is 6.32. The molecule has 0 saturated heterocycles. The normalized spacial score (nSPS) is 11.1. The quantitative estimate of drug-likeness (QED) is 0.609. The first-order chi connectivity index (χ1) is 12.2. The van der Waals surface area contributed by atoms with Crippen LogP contribution in [0.2, 0.25) is 0 Å². The van der Waals surface area contributed by atoms with Crippen molar-refractivity contribution in [2.45, 2.75) is 6.42 Å². The molecule has 1 N–H and O–H groups in total. The van der Waals surface area contributed by atoms with Gasteiger partial charge in [0.25, 0.3) is 0 Å². The van der Waals surface area contributed by atoms with Crippen LogP contribution in [0.4, 0.5) is 10.2 Å². The van der Waals surface area contributed by atoms with E-state index in [1.807, 2.05) is 36.1 Å². The smallest absolute Gasteiger partial charge is 0.157 e. The molecule has 0 aliphatic heterocycles. The number of rotatable bonds is 5. The van der Waals surface area contributed by atoms with Crippen molar-refractivity contribution in [2.75, 3.05) is 18.5 Å². The summed E-state index contributed by atoms with van der Waals surface area (Å²) in [6, 6.07) is 10.2. The molecular weight excluding hydrogens is 319 g/mol. The van der Waals surface area contributed by atoms with E-state index in [1.54, 1.807) is 18.3 Å². The number of halogens is 1. The van der Waals surface area contributed by atoms with Crippen LogP contribution < -0.4 is 4.90 Å². The zero-order valence-electron chi connectivity index (χ0n) is 13.7. The number of hydrogen-bond donors (Lipinski definition) is 1. The monoisotopic (exact) mass is 336 g/mol. The third kappa shape index (κ3) is 3.08. The molecule has 6 nitrogen and oxygen atoms in total. The molecule has 1 aromatic carbocycles. The van der Waals surface area contributed by atoms with Gasteiger partial charge in [-0.1, -0.05) is 0 Å². The average molecular weight is 336 g/mol. The van der Waals surface area contributed by atoms with Gasteiger partial charge in [-0.2, -0.15) is 14.7 Å².